The van der Waals surface area contributed by atoms with Crippen molar-refractivity contribution < 1.29 is 14.6 Å². The van der Waals surface area contributed by atoms with E-state index in [1.54, 1.807) is 7.11 Å². The Balaban J connectivity index is 1.84. The van der Waals surface area contributed by atoms with Gasteiger partial charge in [-0.25, -0.2) is 4.98 Å². The smallest absolute Gasteiger partial charge is 0.241 e. The third-order valence-electron chi connectivity index (χ3n) is 3.61. The fraction of sp³-hybridized carbons (Fsp3) is 0.294. The van der Waals surface area contributed by atoms with Gasteiger partial charge in [0.05, 0.1) is 19.2 Å². The first kappa shape index (κ1) is 15.5. The maximum absolute atomic E-state index is 9.22. The van der Waals surface area contributed by atoms with Crippen molar-refractivity contribution in [2.45, 2.75) is 19.8 Å². The molecule has 0 aliphatic carbocycles. The van der Waals surface area contributed by atoms with Gasteiger partial charge in [-0.2, -0.15) is 4.98 Å². The van der Waals surface area contributed by atoms with Crippen LogP contribution in [-0.4, -0.2) is 33.4 Å². The van der Waals surface area contributed by atoms with Crippen LogP contribution in [0.25, 0.3) is 11.0 Å². The zero-order chi connectivity index (χ0) is 16.1. The summed E-state index contributed by atoms with van der Waals surface area (Å²) in [6.45, 7) is 0.947. The van der Waals surface area contributed by atoms with Crippen LogP contribution in [0.2, 0.25) is 0 Å². The SMILES string of the molecule is COc1ncnc2c(CCO)cn(COCc3ccccc3)c12. The van der Waals surface area contributed by atoms with Crippen LogP contribution in [0.1, 0.15) is 11.1 Å². The summed E-state index contributed by atoms with van der Waals surface area (Å²) in [6, 6.07) is 10.00. The molecule has 1 N–H and O–H groups in total. The lowest BCUT2D eigenvalue weighted by Crippen LogP contribution is -2.03. The molecular weight excluding hydrogens is 294 g/mol. The fourth-order valence-electron chi connectivity index (χ4n) is 2.56. The Morgan fingerprint density at radius 2 is 2.00 bits per heavy atom. The van der Waals surface area contributed by atoms with Crippen molar-refractivity contribution in [3.8, 4) is 5.88 Å². The van der Waals surface area contributed by atoms with Gasteiger partial charge in [0.2, 0.25) is 5.88 Å². The maximum Gasteiger partial charge on any atom is 0.241 e. The average Bonchev–Trinajstić information content (AvgIpc) is 2.94. The predicted molar refractivity (Wildman–Crippen MR) is 86.1 cm³/mol. The molecule has 2 aromatic heterocycles. The Morgan fingerprint density at radius 1 is 1.17 bits per heavy atom. The zero-order valence-corrected chi connectivity index (χ0v) is 13.0. The predicted octanol–water partition coefficient (Wildman–Crippen LogP) is 2.15. The van der Waals surface area contributed by atoms with Crippen LogP contribution in [0.15, 0.2) is 42.9 Å². The topological polar surface area (TPSA) is 69.4 Å². The van der Waals surface area contributed by atoms with Gasteiger partial charge in [-0.1, -0.05) is 30.3 Å². The fourth-order valence-corrected chi connectivity index (χ4v) is 2.56. The monoisotopic (exact) mass is 313 g/mol. The highest BCUT2D eigenvalue weighted by molar-refractivity contribution is 5.83. The summed E-state index contributed by atoms with van der Waals surface area (Å²) in [6.07, 6.45) is 3.93. The second kappa shape index (κ2) is 7.21. The van der Waals surface area contributed by atoms with E-state index in [-0.39, 0.29) is 6.61 Å². The number of methoxy groups -OCH3 is 1. The second-order valence-corrected chi connectivity index (χ2v) is 5.14. The minimum absolute atomic E-state index is 0.0658. The van der Waals surface area contributed by atoms with Gasteiger partial charge < -0.3 is 19.1 Å². The van der Waals surface area contributed by atoms with Gasteiger partial charge in [0, 0.05) is 12.8 Å². The van der Waals surface area contributed by atoms with Crippen LogP contribution < -0.4 is 4.74 Å². The highest BCUT2D eigenvalue weighted by Gasteiger charge is 2.15. The minimum atomic E-state index is 0.0658. The molecule has 0 bridgehead atoms. The standard InChI is InChI=1S/C17H19N3O3/c1-22-17-16-15(18-11-19-17)14(7-8-21)9-20(16)12-23-10-13-5-3-2-4-6-13/h2-6,9,11,21H,7-8,10,12H2,1H3. The number of rotatable bonds is 7. The number of hydrogen-bond donors (Lipinski definition) is 1. The van der Waals surface area contributed by atoms with Crippen molar-refractivity contribution in [3.63, 3.8) is 0 Å². The highest BCUT2D eigenvalue weighted by Crippen LogP contribution is 2.26. The van der Waals surface area contributed by atoms with E-state index in [2.05, 4.69) is 9.97 Å². The molecule has 0 aliphatic heterocycles. The van der Waals surface area contributed by atoms with E-state index in [4.69, 9.17) is 9.47 Å². The molecular formula is C17H19N3O3. The lowest BCUT2D eigenvalue weighted by Gasteiger charge is -2.08. The number of fused-ring (bicyclic) bond motifs is 1. The molecule has 0 fully saturated rings. The van der Waals surface area contributed by atoms with Crippen molar-refractivity contribution in [3.05, 3.63) is 54.0 Å². The van der Waals surface area contributed by atoms with E-state index in [0.717, 1.165) is 22.2 Å². The number of aliphatic hydroxyl groups excluding tert-OH is 1. The molecule has 1 aromatic carbocycles. The van der Waals surface area contributed by atoms with Gasteiger partial charge in [0.15, 0.2) is 0 Å². The molecule has 0 aliphatic rings. The van der Waals surface area contributed by atoms with Crippen LogP contribution in [0, 0.1) is 0 Å². The molecule has 0 saturated carbocycles. The third-order valence-corrected chi connectivity index (χ3v) is 3.61. The number of benzene rings is 1. The van der Waals surface area contributed by atoms with Gasteiger partial charge in [-0.15, -0.1) is 0 Å². The molecule has 0 atom stereocenters. The van der Waals surface area contributed by atoms with E-state index in [1.807, 2.05) is 41.1 Å². The largest absolute Gasteiger partial charge is 0.479 e. The first-order valence-corrected chi connectivity index (χ1v) is 7.42. The maximum atomic E-state index is 9.22. The highest BCUT2D eigenvalue weighted by atomic mass is 16.5. The van der Waals surface area contributed by atoms with Crippen molar-refractivity contribution in [1.82, 2.24) is 14.5 Å². The molecule has 0 unspecified atom stereocenters. The summed E-state index contributed by atoms with van der Waals surface area (Å²) in [5, 5.41) is 9.22. The zero-order valence-electron chi connectivity index (χ0n) is 13.0. The first-order valence-electron chi connectivity index (χ1n) is 7.42. The molecule has 0 saturated heterocycles. The number of ether oxygens (including phenoxy) is 2. The summed E-state index contributed by atoms with van der Waals surface area (Å²) in [5.41, 5.74) is 3.63. The summed E-state index contributed by atoms with van der Waals surface area (Å²) in [4.78, 5) is 8.47. The van der Waals surface area contributed by atoms with E-state index >= 15 is 0 Å². The summed E-state index contributed by atoms with van der Waals surface area (Å²) in [5.74, 6) is 0.502. The van der Waals surface area contributed by atoms with Crippen LogP contribution in [-0.2, 0) is 24.5 Å². The Hall–Kier alpha value is -2.44. The van der Waals surface area contributed by atoms with Crippen molar-refractivity contribution in [2.75, 3.05) is 13.7 Å². The molecule has 0 spiro atoms. The number of hydrogen-bond acceptors (Lipinski definition) is 5. The van der Waals surface area contributed by atoms with Crippen molar-refractivity contribution in [2.24, 2.45) is 0 Å². The van der Waals surface area contributed by atoms with Gasteiger partial charge in [0.25, 0.3) is 0 Å². The number of nitrogens with zero attached hydrogens (tertiary/aromatic N) is 3. The van der Waals surface area contributed by atoms with Crippen LogP contribution in [0.5, 0.6) is 5.88 Å². The van der Waals surface area contributed by atoms with E-state index < -0.39 is 0 Å². The molecule has 0 amide bonds. The minimum Gasteiger partial charge on any atom is -0.479 e. The Bertz CT molecular complexity index is 771. The first-order chi connectivity index (χ1) is 11.3. The number of aliphatic hydroxyl groups is 1. The van der Waals surface area contributed by atoms with Gasteiger partial charge >= 0.3 is 0 Å². The molecule has 2 heterocycles. The Kier molecular flexibility index (Phi) is 4.85. The molecule has 3 aromatic rings. The molecule has 6 heteroatoms. The molecule has 120 valence electrons. The van der Waals surface area contributed by atoms with Crippen molar-refractivity contribution >= 4 is 11.0 Å². The van der Waals surface area contributed by atoms with Crippen molar-refractivity contribution in [1.29, 1.82) is 0 Å². The van der Waals surface area contributed by atoms with Gasteiger partial charge in [0.1, 0.15) is 18.6 Å². The van der Waals surface area contributed by atoms with Gasteiger partial charge in [-0.05, 0) is 17.5 Å². The average molecular weight is 313 g/mol. The Labute approximate surface area is 134 Å². The van der Waals surface area contributed by atoms with Crippen LogP contribution >= 0.6 is 0 Å². The normalized spacial score (nSPS) is 11.0. The lowest BCUT2D eigenvalue weighted by atomic mass is 10.2. The number of aromatic nitrogens is 3. The van der Waals surface area contributed by atoms with E-state index in [1.165, 1.54) is 6.33 Å². The summed E-state index contributed by atoms with van der Waals surface area (Å²) in [7, 11) is 1.58. The molecule has 6 nitrogen and oxygen atoms in total. The molecule has 0 radical (unpaired) electrons. The quantitative estimate of drug-likeness (QED) is 0.724. The third kappa shape index (κ3) is 3.33. The van der Waals surface area contributed by atoms with E-state index in [9.17, 15) is 5.11 Å². The van der Waals surface area contributed by atoms with Gasteiger partial charge in [-0.3, -0.25) is 0 Å². The van der Waals surface area contributed by atoms with Crippen LogP contribution in [0.4, 0.5) is 0 Å². The lowest BCUT2D eigenvalue weighted by molar-refractivity contribution is 0.0664. The molecule has 23 heavy (non-hydrogen) atoms. The summed E-state index contributed by atoms with van der Waals surface area (Å²) < 4.78 is 13.0. The second-order valence-electron chi connectivity index (χ2n) is 5.14. The molecule has 3 rings (SSSR count). The van der Waals surface area contributed by atoms with E-state index in [0.29, 0.717) is 25.6 Å². The Morgan fingerprint density at radius 3 is 2.74 bits per heavy atom. The summed E-state index contributed by atoms with van der Waals surface area (Å²) >= 11 is 0. The van der Waals surface area contributed by atoms with Crippen LogP contribution in [0.3, 0.4) is 0 Å².